The molecule has 1 N–H and O–H groups in total. The second-order valence-electron chi connectivity index (χ2n) is 4.66. The van der Waals surface area contributed by atoms with Gasteiger partial charge in [-0.1, -0.05) is 12.1 Å². The SMILES string of the molecule is Cc1cnc(N(C)C[C@H](C)c2nn[nH]n2)c([N+](=O)[O-])c1. The van der Waals surface area contributed by atoms with Gasteiger partial charge in [0, 0.05) is 31.8 Å². The monoisotopic (exact) mass is 277 g/mol. The van der Waals surface area contributed by atoms with Gasteiger partial charge in [-0.15, -0.1) is 10.2 Å². The van der Waals surface area contributed by atoms with Gasteiger partial charge in [0.1, 0.15) is 0 Å². The molecule has 0 aliphatic rings. The summed E-state index contributed by atoms with van der Waals surface area (Å²) < 4.78 is 0. The van der Waals surface area contributed by atoms with Gasteiger partial charge in [0.05, 0.1) is 4.92 Å². The molecule has 0 bridgehead atoms. The lowest BCUT2D eigenvalue weighted by molar-refractivity contribution is -0.384. The third-order valence-electron chi connectivity index (χ3n) is 2.89. The van der Waals surface area contributed by atoms with Gasteiger partial charge < -0.3 is 4.90 Å². The molecule has 0 radical (unpaired) electrons. The molecule has 0 amide bonds. The van der Waals surface area contributed by atoms with Crippen LogP contribution >= 0.6 is 0 Å². The van der Waals surface area contributed by atoms with Gasteiger partial charge in [-0.3, -0.25) is 10.1 Å². The fraction of sp³-hybridized carbons (Fsp3) is 0.455. The van der Waals surface area contributed by atoms with Crippen molar-refractivity contribution in [2.24, 2.45) is 0 Å². The Kier molecular flexibility index (Phi) is 3.87. The lowest BCUT2D eigenvalue weighted by atomic mass is 10.1. The summed E-state index contributed by atoms with van der Waals surface area (Å²) in [5, 5.41) is 24.8. The summed E-state index contributed by atoms with van der Waals surface area (Å²) in [6.45, 7) is 4.18. The summed E-state index contributed by atoms with van der Waals surface area (Å²) in [4.78, 5) is 16.5. The number of aromatic amines is 1. The predicted molar refractivity (Wildman–Crippen MR) is 71.5 cm³/mol. The minimum Gasteiger partial charge on any atom is -0.353 e. The normalized spacial score (nSPS) is 12.2. The highest BCUT2D eigenvalue weighted by molar-refractivity contribution is 5.58. The molecule has 1 atom stereocenters. The molecule has 106 valence electrons. The Morgan fingerprint density at radius 2 is 2.30 bits per heavy atom. The quantitative estimate of drug-likeness (QED) is 0.641. The van der Waals surface area contributed by atoms with Crippen molar-refractivity contribution < 1.29 is 4.92 Å². The van der Waals surface area contributed by atoms with E-state index >= 15 is 0 Å². The van der Waals surface area contributed by atoms with E-state index in [1.165, 1.54) is 6.07 Å². The van der Waals surface area contributed by atoms with Crippen LogP contribution in [0.4, 0.5) is 11.5 Å². The molecule has 2 aromatic rings. The molecular weight excluding hydrogens is 262 g/mol. The Morgan fingerprint density at radius 3 is 2.90 bits per heavy atom. The molecule has 0 spiro atoms. The summed E-state index contributed by atoms with van der Waals surface area (Å²) in [5.41, 5.74) is 0.743. The second kappa shape index (κ2) is 5.59. The maximum Gasteiger partial charge on any atom is 0.311 e. The van der Waals surface area contributed by atoms with Crippen LogP contribution in [0.25, 0.3) is 0 Å². The van der Waals surface area contributed by atoms with E-state index < -0.39 is 4.92 Å². The molecule has 0 aromatic carbocycles. The van der Waals surface area contributed by atoms with Crippen molar-refractivity contribution in [1.29, 1.82) is 0 Å². The zero-order valence-corrected chi connectivity index (χ0v) is 11.4. The first-order valence-electron chi connectivity index (χ1n) is 6.04. The highest BCUT2D eigenvalue weighted by Gasteiger charge is 2.21. The molecule has 0 saturated carbocycles. The highest BCUT2D eigenvalue weighted by atomic mass is 16.6. The summed E-state index contributed by atoms with van der Waals surface area (Å²) >= 11 is 0. The molecule has 0 unspecified atom stereocenters. The number of nitrogens with zero attached hydrogens (tertiary/aromatic N) is 6. The summed E-state index contributed by atoms with van der Waals surface area (Å²) in [6, 6.07) is 1.51. The summed E-state index contributed by atoms with van der Waals surface area (Å²) in [7, 11) is 1.75. The Bertz CT molecular complexity index is 599. The number of pyridine rings is 1. The van der Waals surface area contributed by atoms with Crippen molar-refractivity contribution >= 4 is 11.5 Å². The maximum absolute atomic E-state index is 11.1. The summed E-state index contributed by atoms with van der Waals surface area (Å²) in [6.07, 6.45) is 1.61. The van der Waals surface area contributed by atoms with Crippen LogP contribution < -0.4 is 4.90 Å². The van der Waals surface area contributed by atoms with E-state index in [1.54, 1.807) is 25.1 Å². The van der Waals surface area contributed by atoms with E-state index in [9.17, 15) is 10.1 Å². The number of hydrogen-bond acceptors (Lipinski definition) is 7. The van der Waals surface area contributed by atoms with E-state index in [1.807, 2.05) is 6.92 Å². The second-order valence-corrected chi connectivity index (χ2v) is 4.66. The average molecular weight is 277 g/mol. The smallest absolute Gasteiger partial charge is 0.311 e. The number of H-pyrrole nitrogens is 1. The number of aryl methyl sites for hydroxylation is 1. The largest absolute Gasteiger partial charge is 0.353 e. The van der Waals surface area contributed by atoms with Crippen molar-refractivity contribution in [3.8, 4) is 0 Å². The van der Waals surface area contributed by atoms with Crippen LogP contribution in [0.15, 0.2) is 12.3 Å². The van der Waals surface area contributed by atoms with Crippen molar-refractivity contribution in [3.63, 3.8) is 0 Å². The fourth-order valence-electron chi connectivity index (χ4n) is 1.93. The Labute approximate surface area is 115 Å². The maximum atomic E-state index is 11.1. The Hall–Kier alpha value is -2.58. The molecule has 0 aliphatic carbocycles. The number of hydrogen-bond donors (Lipinski definition) is 1. The lowest BCUT2D eigenvalue weighted by Crippen LogP contribution is -2.25. The highest BCUT2D eigenvalue weighted by Crippen LogP contribution is 2.26. The number of aromatic nitrogens is 5. The number of rotatable bonds is 5. The minimum absolute atomic E-state index is 0.00666. The Balaban J connectivity index is 2.21. The molecule has 0 aliphatic heterocycles. The molecule has 2 aromatic heterocycles. The van der Waals surface area contributed by atoms with Crippen molar-refractivity contribution in [3.05, 3.63) is 33.8 Å². The molecule has 9 nitrogen and oxygen atoms in total. The molecular formula is C11H15N7O2. The van der Waals surface area contributed by atoms with Crippen molar-refractivity contribution in [1.82, 2.24) is 25.6 Å². The number of tetrazole rings is 1. The van der Waals surface area contributed by atoms with Crippen LogP contribution in [0.2, 0.25) is 0 Å². The molecule has 2 heterocycles. The number of nitrogens with one attached hydrogen (secondary N) is 1. The van der Waals surface area contributed by atoms with E-state index in [2.05, 4.69) is 25.6 Å². The van der Waals surface area contributed by atoms with Gasteiger partial charge in [0.25, 0.3) is 0 Å². The van der Waals surface area contributed by atoms with Crippen molar-refractivity contribution in [2.45, 2.75) is 19.8 Å². The zero-order chi connectivity index (χ0) is 14.7. The average Bonchev–Trinajstić information content (AvgIpc) is 2.92. The molecule has 0 fully saturated rings. The van der Waals surface area contributed by atoms with Gasteiger partial charge >= 0.3 is 5.69 Å². The standard InChI is InChI=1S/C11H15N7O2/c1-7-4-9(18(19)20)11(12-5-7)17(3)6-8(2)10-13-15-16-14-10/h4-5,8H,6H2,1-3H3,(H,13,14,15,16)/t8-/m0/s1. The minimum atomic E-state index is -0.426. The van der Waals surface area contributed by atoms with E-state index in [4.69, 9.17) is 0 Å². The predicted octanol–water partition coefficient (Wildman–Crippen LogP) is 1.05. The van der Waals surface area contributed by atoms with Crippen LogP contribution in [0.1, 0.15) is 24.2 Å². The van der Waals surface area contributed by atoms with Gasteiger partial charge in [-0.25, -0.2) is 4.98 Å². The van der Waals surface area contributed by atoms with E-state index in [0.717, 1.165) is 5.56 Å². The number of likely N-dealkylation sites (N-methyl/N-ethyl adjacent to an activating group) is 1. The fourth-order valence-corrected chi connectivity index (χ4v) is 1.93. The Morgan fingerprint density at radius 1 is 1.55 bits per heavy atom. The summed E-state index contributed by atoms with van der Waals surface area (Å²) in [5.74, 6) is 0.865. The number of nitro groups is 1. The van der Waals surface area contributed by atoms with Gasteiger partial charge in [-0.05, 0) is 12.5 Å². The first-order chi connectivity index (χ1) is 9.49. The lowest BCUT2D eigenvalue weighted by Gasteiger charge is -2.20. The van der Waals surface area contributed by atoms with E-state index in [-0.39, 0.29) is 11.6 Å². The number of anilines is 1. The molecule has 20 heavy (non-hydrogen) atoms. The first kappa shape index (κ1) is 13.8. The van der Waals surface area contributed by atoms with Gasteiger partial charge in [0.15, 0.2) is 5.82 Å². The van der Waals surface area contributed by atoms with Gasteiger partial charge in [-0.2, -0.15) is 5.21 Å². The zero-order valence-electron chi connectivity index (χ0n) is 11.4. The van der Waals surface area contributed by atoms with Crippen LogP contribution in [-0.4, -0.2) is 44.1 Å². The van der Waals surface area contributed by atoms with Crippen LogP contribution in [-0.2, 0) is 0 Å². The molecule has 2 rings (SSSR count). The topological polar surface area (TPSA) is 114 Å². The van der Waals surface area contributed by atoms with Crippen molar-refractivity contribution in [2.75, 3.05) is 18.5 Å². The third kappa shape index (κ3) is 2.87. The van der Waals surface area contributed by atoms with Crippen LogP contribution in [0.3, 0.4) is 0 Å². The molecule has 0 saturated heterocycles. The first-order valence-corrected chi connectivity index (χ1v) is 6.04. The van der Waals surface area contributed by atoms with Gasteiger partial charge in [0.2, 0.25) is 5.82 Å². The third-order valence-corrected chi connectivity index (χ3v) is 2.89. The van der Waals surface area contributed by atoms with E-state index in [0.29, 0.717) is 18.2 Å². The van der Waals surface area contributed by atoms with Crippen LogP contribution in [0, 0.1) is 17.0 Å². The van der Waals surface area contributed by atoms with Crippen LogP contribution in [0.5, 0.6) is 0 Å². The molecule has 9 heteroatoms.